The number of nitrogens with one attached hydrogen (secondary N) is 2. The molecule has 0 aliphatic carbocycles. The Hall–Kier alpha value is -1.10. The van der Waals surface area contributed by atoms with Crippen molar-refractivity contribution in [1.29, 1.82) is 0 Å². The third-order valence-corrected chi connectivity index (χ3v) is 3.37. The fourth-order valence-corrected chi connectivity index (χ4v) is 2.10. The van der Waals surface area contributed by atoms with Crippen LogP contribution in [-0.4, -0.2) is 35.6 Å². The molecule has 1 fully saturated rings. The van der Waals surface area contributed by atoms with Gasteiger partial charge in [-0.05, 0) is 24.8 Å². The molecule has 0 saturated carbocycles. The normalized spacial score (nSPS) is 22.3. The molecule has 104 valence electrons. The Balaban J connectivity index is 2.59. The third kappa shape index (κ3) is 4.64. The van der Waals surface area contributed by atoms with Crippen molar-refractivity contribution < 1.29 is 14.7 Å². The fraction of sp³-hybridized carbons (Fsp3) is 0.846. The highest BCUT2D eigenvalue weighted by molar-refractivity contribution is 5.82. The van der Waals surface area contributed by atoms with Gasteiger partial charge in [-0.25, -0.2) is 0 Å². The molecule has 1 aliphatic heterocycles. The van der Waals surface area contributed by atoms with Gasteiger partial charge in [0.15, 0.2) is 0 Å². The number of aliphatic carboxylic acids is 1. The molecular weight excluding hydrogens is 232 g/mol. The third-order valence-electron chi connectivity index (χ3n) is 3.37. The van der Waals surface area contributed by atoms with Gasteiger partial charge < -0.3 is 15.7 Å². The monoisotopic (exact) mass is 256 g/mol. The maximum atomic E-state index is 12.1. The lowest BCUT2D eigenvalue weighted by Crippen LogP contribution is -2.53. The van der Waals surface area contributed by atoms with Crippen LogP contribution in [0.25, 0.3) is 0 Å². The highest BCUT2D eigenvalue weighted by atomic mass is 16.4. The summed E-state index contributed by atoms with van der Waals surface area (Å²) in [6, 6.07) is -0.511. The van der Waals surface area contributed by atoms with Crippen molar-refractivity contribution in [3.8, 4) is 0 Å². The molecule has 0 bridgehead atoms. The summed E-state index contributed by atoms with van der Waals surface area (Å²) < 4.78 is 0. The molecule has 0 aromatic carbocycles. The second-order valence-electron chi connectivity index (χ2n) is 6.03. The van der Waals surface area contributed by atoms with Gasteiger partial charge in [0.05, 0.1) is 12.5 Å². The Morgan fingerprint density at radius 1 is 1.39 bits per heavy atom. The van der Waals surface area contributed by atoms with Gasteiger partial charge in [0.1, 0.15) is 0 Å². The zero-order chi connectivity index (χ0) is 13.8. The van der Waals surface area contributed by atoms with Crippen LogP contribution < -0.4 is 10.6 Å². The SMILES string of the molecule is CC(C)(C)C(CC(=O)O)NC(=O)[C@@H]1CCCCN1. The Labute approximate surface area is 108 Å². The van der Waals surface area contributed by atoms with Crippen LogP contribution in [0, 0.1) is 5.41 Å². The van der Waals surface area contributed by atoms with Crippen molar-refractivity contribution in [2.24, 2.45) is 5.41 Å². The average Bonchev–Trinajstić information content (AvgIpc) is 2.27. The predicted molar refractivity (Wildman–Crippen MR) is 69.3 cm³/mol. The molecule has 0 spiro atoms. The summed E-state index contributed by atoms with van der Waals surface area (Å²) in [5.74, 6) is -0.956. The van der Waals surface area contributed by atoms with E-state index in [9.17, 15) is 9.59 Å². The van der Waals surface area contributed by atoms with Gasteiger partial charge in [0.2, 0.25) is 5.91 Å². The van der Waals surface area contributed by atoms with E-state index in [1.807, 2.05) is 20.8 Å². The van der Waals surface area contributed by atoms with Crippen molar-refractivity contribution in [2.75, 3.05) is 6.54 Å². The van der Waals surface area contributed by atoms with Crippen LogP contribution in [0.5, 0.6) is 0 Å². The van der Waals surface area contributed by atoms with E-state index in [1.54, 1.807) is 0 Å². The van der Waals surface area contributed by atoms with Crippen molar-refractivity contribution in [2.45, 2.75) is 58.5 Å². The van der Waals surface area contributed by atoms with Gasteiger partial charge in [0, 0.05) is 6.04 Å². The highest BCUT2D eigenvalue weighted by Gasteiger charge is 2.31. The first-order valence-corrected chi connectivity index (χ1v) is 6.56. The molecule has 1 rings (SSSR count). The van der Waals surface area contributed by atoms with Gasteiger partial charge in [-0.3, -0.25) is 9.59 Å². The van der Waals surface area contributed by atoms with Gasteiger partial charge >= 0.3 is 5.97 Å². The number of carboxylic acid groups (broad SMARTS) is 1. The molecule has 3 N–H and O–H groups in total. The van der Waals surface area contributed by atoms with Crippen molar-refractivity contribution in [3.05, 3.63) is 0 Å². The summed E-state index contributed by atoms with van der Waals surface area (Å²) in [4.78, 5) is 22.9. The molecule has 18 heavy (non-hydrogen) atoms. The van der Waals surface area contributed by atoms with Crippen molar-refractivity contribution in [3.63, 3.8) is 0 Å². The topological polar surface area (TPSA) is 78.4 Å². The molecule has 1 unspecified atom stereocenters. The van der Waals surface area contributed by atoms with Crippen LogP contribution in [0.3, 0.4) is 0 Å². The summed E-state index contributed by atoms with van der Waals surface area (Å²) in [5, 5.41) is 14.9. The first-order valence-electron chi connectivity index (χ1n) is 6.56. The number of hydrogen-bond acceptors (Lipinski definition) is 3. The Morgan fingerprint density at radius 3 is 2.50 bits per heavy atom. The molecule has 0 aromatic rings. The smallest absolute Gasteiger partial charge is 0.305 e. The second-order valence-corrected chi connectivity index (χ2v) is 6.03. The molecule has 2 atom stereocenters. The van der Waals surface area contributed by atoms with E-state index < -0.39 is 5.97 Å². The standard InChI is InChI=1S/C13H24N2O3/c1-13(2,3)10(8-11(16)17)15-12(18)9-6-4-5-7-14-9/h9-10,14H,4-8H2,1-3H3,(H,15,18)(H,16,17)/t9-,10?/m0/s1. The van der Waals surface area contributed by atoms with Crippen LogP contribution in [-0.2, 0) is 9.59 Å². The van der Waals surface area contributed by atoms with Crippen molar-refractivity contribution >= 4 is 11.9 Å². The number of carbonyl (C=O) groups is 2. The molecule has 0 radical (unpaired) electrons. The van der Waals surface area contributed by atoms with E-state index in [-0.39, 0.29) is 29.8 Å². The van der Waals surface area contributed by atoms with Crippen LogP contribution >= 0.6 is 0 Å². The molecule has 5 nitrogen and oxygen atoms in total. The number of carbonyl (C=O) groups excluding carboxylic acids is 1. The van der Waals surface area contributed by atoms with Crippen LogP contribution in [0.1, 0.15) is 46.5 Å². The first kappa shape index (κ1) is 15.0. The van der Waals surface area contributed by atoms with E-state index in [1.165, 1.54) is 0 Å². The van der Waals surface area contributed by atoms with Gasteiger partial charge in [-0.2, -0.15) is 0 Å². The lowest BCUT2D eigenvalue weighted by Gasteiger charge is -2.32. The van der Waals surface area contributed by atoms with E-state index in [4.69, 9.17) is 5.11 Å². The van der Waals surface area contributed by atoms with E-state index >= 15 is 0 Å². The maximum Gasteiger partial charge on any atom is 0.305 e. The second kappa shape index (κ2) is 6.18. The highest BCUT2D eigenvalue weighted by Crippen LogP contribution is 2.22. The van der Waals surface area contributed by atoms with E-state index in [0.29, 0.717) is 0 Å². The summed E-state index contributed by atoms with van der Waals surface area (Å²) in [6.07, 6.45) is 2.93. The van der Waals surface area contributed by atoms with Crippen LogP contribution in [0.2, 0.25) is 0 Å². The summed E-state index contributed by atoms with van der Waals surface area (Å²) in [7, 11) is 0. The van der Waals surface area contributed by atoms with Crippen LogP contribution in [0.15, 0.2) is 0 Å². The summed E-state index contributed by atoms with van der Waals surface area (Å²) >= 11 is 0. The largest absolute Gasteiger partial charge is 0.481 e. The van der Waals surface area contributed by atoms with Gasteiger partial charge in [-0.15, -0.1) is 0 Å². The fourth-order valence-electron chi connectivity index (χ4n) is 2.10. The average molecular weight is 256 g/mol. The van der Waals surface area contributed by atoms with Crippen molar-refractivity contribution in [1.82, 2.24) is 10.6 Å². The lowest BCUT2D eigenvalue weighted by molar-refractivity contribution is -0.138. The minimum atomic E-state index is -0.883. The Kier molecular flexibility index (Phi) is 5.14. The molecular formula is C13H24N2O3. The molecule has 1 saturated heterocycles. The zero-order valence-corrected chi connectivity index (χ0v) is 11.5. The lowest BCUT2D eigenvalue weighted by atomic mass is 9.84. The number of carboxylic acids is 1. The Morgan fingerprint density at radius 2 is 2.06 bits per heavy atom. The van der Waals surface area contributed by atoms with E-state index in [2.05, 4.69) is 10.6 Å². The molecule has 5 heteroatoms. The molecule has 1 heterocycles. The van der Waals surface area contributed by atoms with Gasteiger partial charge in [-0.1, -0.05) is 27.2 Å². The quantitative estimate of drug-likeness (QED) is 0.704. The zero-order valence-electron chi connectivity index (χ0n) is 11.5. The number of amides is 1. The molecule has 1 amide bonds. The number of rotatable bonds is 4. The summed E-state index contributed by atoms with van der Waals surface area (Å²) in [6.45, 7) is 6.68. The number of piperidine rings is 1. The molecule has 0 aromatic heterocycles. The summed E-state index contributed by atoms with van der Waals surface area (Å²) in [5.41, 5.74) is -0.261. The predicted octanol–water partition coefficient (Wildman–Crippen LogP) is 1.13. The van der Waals surface area contributed by atoms with Crippen LogP contribution in [0.4, 0.5) is 0 Å². The Bertz CT molecular complexity index is 304. The number of hydrogen-bond donors (Lipinski definition) is 3. The van der Waals surface area contributed by atoms with E-state index in [0.717, 1.165) is 25.8 Å². The minimum absolute atomic E-state index is 0.0397. The minimum Gasteiger partial charge on any atom is -0.481 e. The first-order chi connectivity index (χ1) is 8.30. The maximum absolute atomic E-state index is 12.1. The molecule has 1 aliphatic rings. The van der Waals surface area contributed by atoms with Gasteiger partial charge in [0.25, 0.3) is 0 Å².